The molecule has 0 fully saturated rings. The Morgan fingerprint density at radius 1 is 1.17 bits per heavy atom. The van der Waals surface area contributed by atoms with E-state index < -0.39 is 0 Å². The molecule has 0 aromatic carbocycles. The number of aromatic nitrogens is 1. The fourth-order valence-corrected chi connectivity index (χ4v) is 3.39. The summed E-state index contributed by atoms with van der Waals surface area (Å²) in [4.78, 5) is 4.68. The van der Waals surface area contributed by atoms with Crippen molar-refractivity contribution in [2.75, 3.05) is 0 Å². The number of rotatable bonds is 4. The molecule has 2 heterocycles. The molecular formula is C14H20N2S2. The van der Waals surface area contributed by atoms with Crippen LogP contribution in [-0.4, -0.2) is 4.98 Å². The van der Waals surface area contributed by atoms with Crippen LogP contribution < -0.4 is 5.32 Å². The Morgan fingerprint density at radius 2 is 1.94 bits per heavy atom. The van der Waals surface area contributed by atoms with Gasteiger partial charge in [-0.3, -0.25) is 0 Å². The molecule has 0 unspecified atom stereocenters. The van der Waals surface area contributed by atoms with Crippen LogP contribution in [0.15, 0.2) is 16.1 Å². The number of thiazole rings is 1. The molecule has 2 aromatic heterocycles. The number of hydrogen-bond donors (Lipinski definition) is 1. The summed E-state index contributed by atoms with van der Waals surface area (Å²) in [6, 6.07) is 0. The van der Waals surface area contributed by atoms with Crippen molar-refractivity contribution in [3.05, 3.63) is 38.0 Å². The summed E-state index contributed by atoms with van der Waals surface area (Å²) in [6.07, 6.45) is 0. The van der Waals surface area contributed by atoms with Gasteiger partial charge in [-0.1, -0.05) is 20.8 Å². The summed E-state index contributed by atoms with van der Waals surface area (Å²) in [5.74, 6) is 0. The fourth-order valence-electron chi connectivity index (χ4n) is 1.63. The van der Waals surface area contributed by atoms with Gasteiger partial charge in [0.15, 0.2) is 0 Å². The van der Waals surface area contributed by atoms with Crippen LogP contribution in [0.3, 0.4) is 0 Å². The first-order valence-electron chi connectivity index (χ1n) is 6.14. The van der Waals surface area contributed by atoms with Crippen LogP contribution in [0.2, 0.25) is 0 Å². The molecule has 4 heteroatoms. The van der Waals surface area contributed by atoms with E-state index in [-0.39, 0.29) is 5.41 Å². The third-order valence-electron chi connectivity index (χ3n) is 2.78. The van der Waals surface area contributed by atoms with E-state index in [1.165, 1.54) is 16.1 Å². The van der Waals surface area contributed by atoms with Gasteiger partial charge in [0.05, 0.1) is 10.7 Å². The molecule has 1 N–H and O–H groups in total. The van der Waals surface area contributed by atoms with Crippen molar-refractivity contribution in [2.45, 2.75) is 46.2 Å². The molecule has 0 aliphatic rings. The van der Waals surface area contributed by atoms with Crippen LogP contribution >= 0.6 is 22.7 Å². The van der Waals surface area contributed by atoms with Crippen LogP contribution in [0.25, 0.3) is 0 Å². The average molecular weight is 280 g/mol. The topological polar surface area (TPSA) is 24.9 Å². The molecule has 0 saturated carbocycles. The summed E-state index contributed by atoms with van der Waals surface area (Å²) in [5, 5.41) is 11.2. The predicted molar refractivity (Wildman–Crippen MR) is 80.4 cm³/mol. The van der Waals surface area contributed by atoms with Crippen molar-refractivity contribution in [2.24, 2.45) is 0 Å². The van der Waals surface area contributed by atoms with Gasteiger partial charge in [-0.2, -0.15) is 11.3 Å². The van der Waals surface area contributed by atoms with Crippen molar-refractivity contribution < 1.29 is 0 Å². The number of hydrogen-bond acceptors (Lipinski definition) is 4. The lowest BCUT2D eigenvalue weighted by Gasteiger charge is -2.13. The first kappa shape index (κ1) is 13.7. The monoisotopic (exact) mass is 280 g/mol. The summed E-state index contributed by atoms with van der Waals surface area (Å²) >= 11 is 3.52. The Balaban J connectivity index is 1.88. The van der Waals surface area contributed by atoms with E-state index in [0.29, 0.717) is 0 Å². The molecule has 0 spiro atoms. The molecule has 2 nitrogen and oxygen atoms in total. The van der Waals surface area contributed by atoms with Gasteiger partial charge in [0.2, 0.25) is 0 Å². The zero-order chi connectivity index (χ0) is 13.2. The van der Waals surface area contributed by atoms with Gasteiger partial charge in [0, 0.05) is 23.9 Å². The Kier molecular flexibility index (Phi) is 4.20. The minimum Gasteiger partial charge on any atom is -0.307 e. The Morgan fingerprint density at radius 3 is 2.50 bits per heavy atom. The summed E-state index contributed by atoms with van der Waals surface area (Å²) in [6.45, 7) is 10.6. The average Bonchev–Trinajstić information content (AvgIpc) is 2.88. The maximum absolute atomic E-state index is 4.68. The van der Waals surface area contributed by atoms with Crippen LogP contribution in [0.1, 0.15) is 42.6 Å². The van der Waals surface area contributed by atoms with Gasteiger partial charge in [-0.05, 0) is 28.8 Å². The lowest BCUT2D eigenvalue weighted by Crippen LogP contribution is -2.14. The van der Waals surface area contributed by atoms with E-state index in [0.717, 1.165) is 18.8 Å². The predicted octanol–water partition coefficient (Wildman–Crippen LogP) is 4.10. The minimum atomic E-state index is 0.160. The van der Waals surface area contributed by atoms with Crippen molar-refractivity contribution in [1.29, 1.82) is 0 Å². The van der Waals surface area contributed by atoms with E-state index in [1.54, 1.807) is 22.7 Å². The second kappa shape index (κ2) is 5.51. The SMILES string of the molecule is Cc1cscc1CNCc1csc(C(C)(C)C)n1. The lowest BCUT2D eigenvalue weighted by molar-refractivity contribution is 0.579. The molecule has 0 aliphatic carbocycles. The molecule has 18 heavy (non-hydrogen) atoms. The van der Waals surface area contributed by atoms with Crippen LogP contribution in [0.5, 0.6) is 0 Å². The summed E-state index contributed by atoms with van der Waals surface area (Å²) in [7, 11) is 0. The first-order chi connectivity index (χ1) is 8.47. The molecule has 0 bridgehead atoms. The normalized spacial score (nSPS) is 12.0. The first-order valence-corrected chi connectivity index (χ1v) is 7.96. The molecule has 98 valence electrons. The highest BCUT2D eigenvalue weighted by molar-refractivity contribution is 7.09. The minimum absolute atomic E-state index is 0.160. The molecule has 0 amide bonds. The number of aryl methyl sites for hydroxylation is 1. The molecule has 2 rings (SSSR count). The van der Waals surface area contributed by atoms with Gasteiger partial charge in [0.25, 0.3) is 0 Å². The van der Waals surface area contributed by atoms with Crippen LogP contribution in [0, 0.1) is 6.92 Å². The van der Waals surface area contributed by atoms with Gasteiger partial charge >= 0.3 is 0 Å². The van der Waals surface area contributed by atoms with Crippen LogP contribution in [0.4, 0.5) is 0 Å². The molecular weight excluding hydrogens is 260 g/mol. The maximum Gasteiger partial charge on any atom is 0.0982 e. The highest BCUT2D eigenvalue weighted by atomic mass is 32.1. The second-order valence-electron chi connectivity index (χ2n) is 5.58. The number of nitrogens with zero attached hydrogens (tertiary/aromatic N) is 1. The van der Waals surface area contributed by atoms with Gasteiger partial charge in [-0.15, -0.1) is 11.3 Å². The molecule has 0 saturated heterocycles. The van der Waals surface area contributed by atoms with E-state index in [1.807, 2.05) is 0 Å². The Hall–Kier alpha value is -0.710. The van der Waals surface area contributed by atoms with Crippen molar-refractivity contribution in [3.63, 3.8) is 0 Å². The quantitative estimate of drug-likeness (QED) is 0.912. The fraction of sp³-hybridized carbons (Fsp3) is 0.500. The number of nitrogens with one attached hydrogen (secondary N) is 1. The zero-order valence-corrected chi connectivity index (χ0v) is 13.0. The van der Waals surface area contributed by atoms with Gasteiger partial charge < -0.3 is 5.32 Å². The largest absolute Gasteiger partial charge is 0.307 e. The van der Waals surface area contributed by atoms with E-state index >= 15 is 0 Å². The van der Waals surface area contributed by atoms with Crippen LogP contribution in [-0.2, 0) is 18.5 Å². The molecule has 0 atom stereocenters. The van der Waals surface area contributed by atoms with E-state index in [4.69, 9.17) is 0 Å². The van der Waals surface area contributed by atoms with Gasteiger partial charge in [-0.25, -0.2) is 4.98 Å². The zero-order valence-electron chi connectivity index (χ0n) is 11.4. The lowest BCUT2D eigenvalue weighted by atomic mass is 9.98. The summed E-state index contributed by atoms with van der Waals surface area (Å²) in [5.41, 5.74) is 4.08. The van der Waals surface area contributed by atoms with Crippen molar-refractivity contribution >= 4 is 22.7 Å². The summed E-state index contributed by atoms with van der Waals surface area (Å²) < 4.78 is 0. The Labute approximate surface area is 117 Å². The van der Waals surface area contributed by atoms with Gasteiger partial charge in [0.1, 0.15) is 0 Å². The number of thiophene rings is 1. The van der Waals surface area contributed by atoms with E-state index in [9.17, 15) is 0 Å². The molecule has 2 aromatic rings. The Bertz CT molecular complexity index is 506. The third kappa shape index (κ3) is 3.40. The third-order valence-corrected chi connectivity index (χ3v) is 5.00. The second-order valence-corrected chi connectivity index (χ2v) is 7.18. The highest BCUT2D eigenvalue weighted by Crippen LogP contribution is 2.25. The maximum atomic E-state index is 4.68. The highest BCUT2D eigenvalue weighted by Gasteiger charge is 2.17. The van der Waals surface area contributed by atoms with E-state index in [2.05, 4.69) is 54.1 Å². The smallest absolute Gasteiger partial charge is 0.0982 e. The molecule has 0 aliphatic heterocycles. The van der Waals surface area contributed by atoms with Crippen molar-refractivity contribution in [3.8, 4) is 0 Å². The molecule has 0 radical (unpaired) electrons. The standard InChI is InChI=1S/C14H20N2S2/c1-10-7-17-8-11(10)5-15-6-12-9-18-13(16-12)14(2,3)4/h7-9,15H,5-6H2,1-4H3. The van der Waals surface area contributed by atoms with Crippen molar-refractivity contribution in [1.82, 2.24) is 10.3 Å².